The van der Waals surface area contributed by atoms with Gasteiger partial charge in [0.25, 0.3) is 0 Å². The van der Waals surface area contributed by atoms with Crippen molar-refractivity contribution in [2.45, 2.75) is 252 Å². The van der Waals surface area contributed by atoms with Gasteiger partial charge in [0.1, 0.15) is 13.2 Å². The van der Waals surface area contributed by atoms with Gasteiger partial charge in [0.2, 0.25) is 0 Å². The van der Waals surface area contributed by atoms with E-state index in [0.29, 0.717) is 19.3 Å². The van der Waals surface area contributed by atoms with Crippen molar-refractivity contribution in [2.24, 2.45) is 0 Å². The Morgan fingerprint density at radius 2 is 0.591 bits per heavy atom. The fourth-order valence-corrected chi connectivity index (χ4v) is 7.28. The summed E-state index contributed by atoms with van der Waals surface area (Å²) in [6, 6.07) is 0. The second-order valence-corrected chi connectivity index (χ2v) is 17.8. The first kappa shape index (κ1) is 62.3. The number of allylic oxidation sites excluding steroid dienone is 16. The molecule has 0 spiro atoms. The zero-order chi connectivity index (χ0) is 47.9. The molecule has 0 heterocycles. The summed E-state index contributed by atoms with van der Waals surface area (Å²) in [4.78, 5) is 37.7. The van der Waals surface area contributed by atoms with Gasteiger partial charge in [-0.15, -0.1) is 0 Å². The van der Waals surface area contributed by atoms with Crippen molar-refractivity contribution >= 4 is 17.9 Å². The van der Waals surface area contributed by atoms with Crippen LogP contribution in [0.3, 0.4) is 0 Å². The van der Waals surface area contributed by atoms with Crippen molar-refractivity contribution in [1.82, 2.24) is 0 Å². The van der Waals surface area contributed by atoms with Gasteiger partial charge in [0.05, 0.1) is 0 Å². The van der Waals surface area contributed by atoms with Crippen LogP contribution in [-0.4, -0.2) is 37.2 Å². The fraction of sp³-hybridized carbons (Fsp3) is 0.683. The van der Waals surface area contributed by atoms with Crippen molar-refractivity contribution in [2.75, 3.05) is 13.2 Å². The van der Waals surface area contributed by atoms with E-state index in [1.165, 1.54) is 83.5 Å². The highest BCUT2D eigenvalue weighted by Crippen LogP contribution is 2.14. The molecule has 0 aromatic carbocycles. The Labute approximate surface area is 407 Å². The van der Waals surface area contributed by atoms with Crippen molar-refractivity contribution in [3.05, 3.63) is 97.2 Å². The largest absolute Gasteiger partial charge is 0.462 e. The van der Waals surface area contributed by atoms with E-state index in [0.717, 1.165) is 122 Å². The normalized spacial score (nSPS) is 12.8. The van der Waals surface area contributed by atoms with E-state index in [4.69, 9.17) is 14.2 Å². The van der Waals surface area contributed by atoms with Crippen LogP contribution in [0.4, 0.5) is 0 Å². The van der Waals surface area contributed by atoms with Crippen molar-refractivity contribution in [3.63, 3.8) is 0 Å². The van der Waals surface area contributed by atoms with Crippen LogP contribution in [0.1, 0.15) is 245 Å². The van der Waals surface area contributed by atoms with Gasteiger partial charge in [-0.2, -0.15) is 0 Å². The van der Waals surface area contributed by atoms with Gasteiger partial charge in [-0.1, -0.05) is 240 Å². The molecule has 1 unspecified atom stereocenters. The van der Waals surface area contributed by atoms with Gasteiger partial charge in [0, 0.05) is 19.3 Å². The van der Waals surface area contributed by atoms with E-state index < -0.39 is 6.10 Å². The lowest BCUT2D eigenvalue weighted by molar-refractivity contribution is -0.167. The summed E-state index contributed by atoms with van der Waals surface area (Å²) in [5.41, 5.74) is 0. The molecule has 0 aliphatic rings. The number of hydrogen-bond acceptors (Lipinski definition) is 6. The second kappa shape index (κ2) is 53.9. The molecule has 1 atom stereocenters. The van der Waals surface area contributed by atoms with Gasteiger partial charge in [0.15, 0.2) is 6.10 Å². The number of esters is 3. The molecule has 0 aromatic heterocycles. The van der Waals surface area contributed by atoms with E-state index in [1.54, 1.807) is 0 Å². The molecule has 0 saturated carbocycles. The molecule has 66 heavy (non-hydrogen) atoms. The van der Waals surface area contributed by atoms with Gasteiger partial charge in [-0.05, 0) is 83.5 Å². The first-order chi connectivity index (χ1) is 32.5. The molecule has 0 fully saturated rings. The predicted octanol–water partition coefficient (Wildman–Crippen LogP) is 18.1. The number of hydrogen-bond donors (Lipinski definition) is 0. The van der Waals surface area contributed by atoms with Crippen LogP contribution in [0.25, 0.3) is 0 Å². The summed E-state index contributed by atoms with van der Waals surface area (Å²) in [6.07, 6.45) is 71.4. The van der Waals surface area contributed by atoms with E-state index in [1.807, 2.05) is 0 Å². The van der Waals surface area contributed by atoms with Crippen molar-refractivity contribution < 1.29 is 28.6 Å². The zero-order valence-electron chi connectivity index (χ0n) is 42.9. The molecular weight excluding hydrogens is 817 g/mol. The minimum Gasteiger partial charge on any atom is -0.462 e. The number of carbonyl (C=O) groups is 3. The van der Waals surface area contributed by atoms with E-state index >= 15 is 0 Å². The van der Waals surface area contributed by atoms with Gasteiger partial charge in [-0.3, -0.25) is 14.4 Å². The van der Waals surface area contributed by atoms with Crippen LogP contribution in [0.5, 0.6) is 0 Å². The Kier molecular flexibility index (Phi) is 50.9. The molecule has 0 bridgehead atoms. The summed E-state index contributed by atoms with van der Waals surface area (Å²) in [5.74, 6) is -0.905. The second-order valence-electron chi connectivity index (χ2n) is 17.8. The maximum absolute atomic E-state index is 12.7. The Balaban J connectivity index is 4.13. The molecule has 0 amide bonds. The highest BCUT2D eigenvalue weighted by Gasteiger charge is 2.19. The third-order valence-electron chi connectivity index (χ3n) is 11.4. The highest BCUT2D eigenvalue weighted by atomic mass is 16.6. The molecule has 6 nitrogen and oxygen atoms in total. The number of rotatable bonds is 48. The lowest BCUT2D eigenvalue weighted by atomic mass is 10.1. The van der Waals surface area contributed by atoms with Gasteiger partial charge >= 0.3 is 17.9 Å². The lowest BCUT2D eigenvalue weighted by Crippen LogP contribution is -2.30. The van der Waals surface area contributed by atoms with Crippen LogP contribution < -0.4 is 0 Å². The predicted molar refractivity (Wildman–Crippen MR) is 284 cm³/mol. The topological polar surface area (TPSA) is 78.9 Å². The summed E-state index contributed by atoms with van der Waals surface area (Å²) in [5, 5.41) is 0. The minimum atomic E-state index is -0.777. The van der Waals surface area contributed by atoms with E-state index in [-0.39, 0.29) is 31.1 Å². The van der Waals surface area contributed by atoms with Crippen molar-refractivity contribution in [1.29, 1.82) is 0 Å². The average molecular weight is 917 g/mol. The molecule has 0 aromatic rings. The Bertz CT molecular complexity index is 1330. The highest BCUT2D eigenvalue weighted by molar-refractivity contribution is 5.71. The van der Waals surface area contributed by atoms with E-state index in [9.17, 15) is 14.4 Å². The smallest absolute Gasteiger partial charge is 0.306 e. The first-order valence-corrected chi connectivity index (χ1v) is 27.2. The lowest BCUT2D eigenvalue weighted by Gasteiger charge is -2.18. The molecule has 0 radical (unpaired) electrons. The Morgan fingerprint density at radius 3 is 0.924 bits per heavy atom. The molecule has 0 saturated heterocycles. The van der Waals surface area contributed by atoms with Gasteiger partial charge < -0.3 is 14.2 Å². The average Bonchev–Trinajstić information content (AvgIpc) is 3.31. The summed E-state index contributed by atoms with van der Waals surface area (Å²) in [7, 11) is 0. The van der Waals surface area contributed by atoms with Crippen LogP contribution in [0, 0.1) is 0 Å². The fourth-order valence-electron chi connectivity index (χ4n) is 7.28. The summed E-state index contributed by atoms with van der Waals surface area (Å²) < 4.78 is 16.7. The van der Waals surface area contributed by atoms with E-state index in [2.05, 4.69) is 118 Å². The zero-order valence-corrected chi connectivity index (χ0v) is 42.9. The number of ether oxygens (including phenoxy) is 3. The standard InChI is InChI=1S/C60H100O6/c1-4-7-10-13-16-18-20-21-22-23-24-25-26-27-28-29-30-31-32-33-34-35-36-37-38-39-40-42-44-47-50-53-59(62)65-56-57(55-64-58(61)52-49-46-43-15-12-9-6-3)66-60(63)54-51-48-45-41-19-17-14-11-8-5-2/h7,10,16,18,21-22,24-25,27-28,30-31,33-34,36-37,57H,4-6,8-9,11-15,17,19-20,23,26,29,32,35,38-56H2,1-3H3/b10-7-,18-16-,22-21-,25-24-,28-27-,31-30-,34-33-,37-36-. The van der Waals surface area contributed by atoms with Gasteiger partial charge in [-0.25, -0.2) is 0 Å². The van der Waals surface area contributed by atoms with Crippen LogP contribution in [0.2, 0.25) is 0 Å². The molecule has 0 aliphatic heterocycles. The molecule has 6 heteroatoms. The third-order valence-corrected chi connectivity index (χ3v) is 11.4. The molecule has 0 N–H and O–H groups in total. The molecule has 0 rings (SSSR count). The quantitative estimate of drug-likeness (QED) is 0.0262. The maximum atomic E-state index is 12.7. The summed E-state index contributed by atoms with van der Waals surface area (Å²) in [6.45, 7) is 6.45. The number of carbonyl (C=O) groups excluding carboxylic acids is 3. The molecular formula is C60H100O6. The number of unbranched alkanes of at least 4 members (excludes halogenated alkanes) is 21. The Hall–Kier alpha value is -3.67. The van der Waals surface area contributed by atoms with Crippen LogP contribution in [0.15, 0.2) is 97.2 Å². The van der Waals surface area contributed by atoms with Crippen LogP contribution in [-0.2, 0) is 28.6 Å². The first-order valence-electron chi connectivity index (χ1n) is 27.2. The maximum Gasteiger partial charge on any atom is 0.306 e. The summed E-state index contributed by atoms with van der Waals surface area (Å²) >= 11 is 0. The van der Waals surface area contributed by atoms with Crippen molar-refractivity contribution in [3.8, 4) is 0 Å². The monoisotopic (exact) mass is 917 g/mol. The Morgan fingerprint density at radius 1 is 0.318 bits per heavy atom. The molecule has 0 aliphatic carbocycles. The molecule has 376 valence electrons. The minimum absolute atomic E-state index is 0.0800. The van der Waals surface area contributed by atoms with Crippen LogP contribution >= 0.6 is 0 Å². The third kappa shape index (κ3) is 51.3. The SMILES string of the molecule is CC/C=C\C/C=C\C/C=C\C/C=C\C/C=C\C/C=C\C/C=C\C/C=C\CCCCCCCCC(=O)OCC(COC(=O)CCCCCCCCC)OC(=O)CCCCCCCCCCCC.